The molecule has 1 aliphatic heterocycles. The van der Waals surface area contributed by atoms with Crippen molar-refractivity contribution >= 4 is 28.6 Å². The predicted molar refractivity (Wildman–Crippen MR) is 73.8 cm³/mol. The summed E-state index contributed by atoms with van der Waals surface area (Å²) in [5.74, 6) is -2.03. The SMILES string of the molecule is O=C1CCC(c2ccc3c(C(=O)O)nccc3c2)C(=O)N1. The third kappa shape index (κ3) is 2.35. The van der Waals surface area contributed by atoms with E-state index in [0.29, 0.717) is 23.6 Å². The molecule has 0 radical (unpaired) electrons. The Kier molecular flexibility index (Phi) is 3.13. The number of benzene rings is 1. The number of nitrogens with zero attached hydrogens (tertiary/aromatic N) is 1. The number of nitrogens with one attached hydrogen (secondary N) is 1. The van der Waals surface area contributed by atoms with E-state index < -0.39 is 5.97 Å². The van der Waals surface area contributed by atoms with E-state index in [9.17, 15) is 14.4 Å². The van der Waals surface area contributed by atoms with Crippen LogP contribution in [0.1, 0.15) is 34.8 Å². The van der Waals surface area contributed by atoms with Gasteiger partial charge in [-0.3, -0.25) is 14.9 Å². The highest BCUT2D eigenvalue weighted by atomic mass is 16.4. The molecule has 21 heavy (non-hydrogen) atoms. The van der Waals surface area contributed by atoms with Crippen molar-refractivity contribution in [1.29, 1.82) is 0 Å². The van der Waals surface area contributed by atoms with Gasteiger partial charge in [0.1, 0.15) is 0 Å². The van der Waals surface area contributed by atoms with E-state index in [1.54, 1.807) is 24.3 Å². The van der Waals surface area contributed by atoms with Crippen LogP contribution in [0.3, 0.4) is 0 Å². The normalized spacial score (nSPS) is 18.6. The minimum Gasteiger partial charge on any atom is -0.476 e. The Labute approximate surface area is 119 Å². The average molecular weight is 284 g/mol. The molecule has 1 unspecified atom stereocenters. The number of hydrogen-bond acceptors (Lipinski definition) is 4. The van der Waals surface area contributed by atoms with Gasteiger partial charge in [0.15, 0.2) is 5.69 Å². The summed E-state index contributed by atoms with van der Waals surface area (Å²) in [6.45, 7) is 0. The quantitative estimate of drug-likeness (QED) is 0.814. The average Bonchev–Trinajstić information content (AvgIpc) is 2.46. The topological polar surface area (TPSA) is 96.4 Å². The molecule has 0 bridgehead atoms. The Morgan fingerprint density at radius 3 is 2.81 bits per heavy atom. The summed E-state index contributed by atoms with van der Waals surface area (Å²) in [5, 5.41) is 12.7. The molecule has 2 N–H and O–H groups in total. The van der Waals surface area contributed by atoms with E-state index in [-0.39, 0.29) is 23.4 Å². The van der Waals surface area contributed by atoms with Crippen LogP contribution in [0.5, 0.6) is 0 Å². The highest BCUT2D eigenvalue weighted by Gasteiger charge is 2.28. The highest BCUT2D eigenvalue weighted by molar-refractivity contribution is 6.03. The Balaban J connectivity index is 2.04. The molecule has 1 aromatic carbocycles. The van der Waals surface area contributed by atoms with Crippen LogP contribution in [-0.2, 0) is 9.59 Å². The summed E-state index contributed by atoms with van der Waals surface area (Å²) in [6, 6.07) is 6.86. The number of hydrogen-bond donors (Lipinski definition) is 2. The minimum atomic E-state index is -1.09. The molecule has 3 rings (SSSR count). The smallest absolute Gasteiger partial charge is 0.355 e. The van der Waals surface area contributed by atoms with Crippen molar-refractivity contribution in [3.8, 4) is 0 Å². The summed E-state index contributed by atoms with van der Waals surface area (Å²) < 4.78 is 0. The minimum absolute atomic E-state index is 0.0117. The van der Waals surface area contributed by atoms with Crippen molar-refractivity contribution in [2.75, 3.05) is 0 Å². The van der Waals surface area contributed by atoms with E-state index in [0.717, 1.165) is 5.56 Å². The van der Waals surface area contributed by atoms with Crippen molar-refractivity contribution in [2.24, 2.45) is 0 Å². The van der Waals surface area contributed by atoms with Crippen LogP contribution in [0, 0.1) is 0 Å². The summed E-state index contributed by atoms with van der Waals surface area (Å²) in [4.78, 5) is 38.0. The number of amides is 2. The Hall–Kier alpha value is -2.76. The van der Waals surface area contributed by atoms with Crippen molar-refractivity contribution < 1.29 is 19.5 Å². The third-order valence-electron chi connectivity index (χ3n) is 3.63. The number of rotatable bonds is 2. The van der Waals surface area contributed by atoms with Crippen LogP contribution < -0.4 is 5.32 Å². The number of pyridine rings is 1. The number of carboxylic acids is 1. The van der Waals surface area contributed by atoms with Gasteiger partial charge in [0, 0.05) is 18.0 Å². The Morgan fingerprint density at radius 2 is 2.10 bits per heavy atom. The molecule has 6 heteroatoms. The van der Waals surface area contributed by atoms with Gasteiger partial charge in [0.25, 0.3) is 0 Å². The summed E-state index contributed by atoms with van der Waals surface area (Å²) in [6.07, 6.45) is 2.21. The standard InChI is InChI=1S/C15H12N2O4/c18-12-4-3-11(14(19)17-12)8-1-2-10-9(7-8)5-6-16-13(10)15(20)21/h1-2,5-7,11H,3-4H2,(H,20,21)(H,17,18,19). The Morgan fingerprint density at radius 1 is 1.29 bits per heavy atom. The number of carbonyl (C=O) groups excluding carboxylic acids is 2. The second kappa shape index (κ2) is 4.97. The van der Waals surface area contributed by atoms with Gasteiger partial charge in [-0.1, -0.05) is 18.2 Å². The molecule has 2 amide bonds. The fourth-order valence-corrected chi connectivity index (χ4v) is 2.60. The first kappa shape index (κ1) is 13.2. The number of carbonyl (C=O) groups is 3. The van der Waals surface area contributed by atoms with E-state index in [1.807, 2.05) is 0 Å². The molecule has 0 spiro atoms. The molecule has 1 saturated heterocycles. The maximum absolute atomic E-state index is 11.9. The number of aromatic carboxylic acids is 1. The lowest BCUT2D eigenvalue weighted by Crippen LogP contribution is -2.39. The third-order valence-corrected chi connectivity index (χ3v) is 3.63. The summed E-state index contributed by atoms with van der Waals surface area (Å²) in [5.41, 5.74) is 0.761. The van der Waals surface area contributed by atoms with Gasteiger partial charge in [0.05, 0.1) is 5.92 Å². The zero-order valence-corrected chi connectivity index (χ0v) is 11.0. The van der Waals surface area contributed by atoms with E-state index in [1.165, 1.54) is 6.20 Å². The maximum atomic E-state index is 11.9. The lowest BCUT2D eigenvalue weighted by Gasteiger charge is -2.21. The van der Waals surface area contributed by atoms with Crippen molar-refractivity contribution in [2.45, 2.75) is 18.8 Å². The fourth-order valence-electron chi connectivity index (χ4n) is 2.60. The van der Waals surface area contributed by atoms with Crippen LogP contribution in [-0.4, -0.2) is 27.9 Å². The van der Waals surface area contributed by atoms with Crippen molar-refractivity contribution in [3.63, 3.8) is 0 Å². The number of aromatic nitrogens is 1. The Bertz CT molecular complexity index is 769. The molecule has 2 heterocycles. The van der Waals surface area contributed by atoms with Crippen LogP contribution >= 0.6 is 0 Å². The lowest BCUT2D eigenvalue weighted by atomic mass is 9.89. The largest absolute Gasteiger partial charge is 0.476 e. The predicted octanol–water partition coefficient (Wildman–Crippen LogP) is 1.45. The lowest BCUT2D eigenvalue weighted by molar-refractivity contribution is -0.134. The highest BCUT2D eigenvalue weighted by Crippen LogP contribution is 2.28. The zero-order valence-electron chi connectivity index (χ0n) is 11.0. The van der Waals surface area contributed by atoms with Crippen LogP contribution in [0.2, 0.25) is 0 Å². The van der Waals surface area contributed by atoms with Crippen LogP contribution in [0.15, 0.2) is 30.5 Å². The number of imide groups is 1. The maximum Gasteiger partial charge on any atom is 0.355 e. The number of piperidine rings is 1. The second-order valence-electron chi connectivity index (χ2n) is 4.95. The molecule has 0 aliphatic carbocycles. The molecule has 6 nitrogen and oxygen atoms in total. The van der Waals surface area contributed by atoms with Gasteiger partial charge in [0.2, 0.25) is 11.8 Å². The van der Waals surface area contributed by atoms with Crippen LogP contribution in [0.25, 0.3) is 10.8 Å². The first-order valence-corrected chi connectivity index (χ1v) is 6.52. The molecule has 1 aliphatic rings. The van der Waals surface area contributed by atoms with Crippen molar-refractivity contribution in [3.05, 3.63) is 41.7 Å². The molecular formula is C15H12N2O4. The van der Waals surface area contributed by atoms with Gasteiger partial charge in [-0.25, -0.2) is 9.78 Å². The van der Waals surface area contributed by atoms with E-state index >= 15 is 0 Å². The molecule has 106 valence electrons. The molecule has 2 aromatic rings. The molecule has 0 saturated carbocycles. The van der Waals surface area contributed by atoms with Gasteiger partial charge in [-0.2, -0.15) is 0 Å². The first-order valence-electron chi connectivity index (χ1n) is 6.52. The van der Waals surface area contributed by atoms with Gasteiger partial charge < -0.3 is 5.11 Å². The molecular weight excluding hydrogens is 272 g/mol. The van der Waals surface area contributed by atoms with E-state index in [4.69, 9.17) is 5.11 Å². The first-order chi connectivity index (χ1) is 10.1. The number of fused-ring (bicyclic) bond motifs is 1. The van der Waals surface area contributed by atoms with Gasteiger partial charge in [-0.05, 0) is 23.4 Å². The number of carboxylic acid groups (broad SMARTS) is 1. The molecule has 1 fully saturated rings. The van der Waals surface area contributed by atoms with Gasteiger partial charge in [-0.15, -0.1) is 0 Å². The van der Waals surface area contributed by atoms with Gasteiger partial charge >= 0.3 is 5.97 Å². The monoisotopic (exact) mass is 284 g/mol. The summed E-state index contributed by atoms with van der Waals surface area (Å²) >= 11 is 0. The molecule has 1 atom stereocenters. The fraction of sp³-hybridized carbons (Fsp3) is 0.200. The molecule has 1 aromatic heterocycles. The second-order valence-corrected chi connectivity index (χ2v) is 4.95. The van der Waals surface area contributed by atoms with E-state index in [2.05, 4.69) is 10.3 Å². The zero-order chi connectivity index (χ0) is 15.0. The van der Waals surface area contributed by atoms with Crippen molar-refractivity contribution in [1.82, 2.24) is 10.3 Å². The van der Waals surface area contributed by atoms with Crippen LogP contribution in [0.4, 0.5) is 0 Å². The summed E-state index contributed by atoms with van der Waals surface area (Å²) in [7, 11) is 0.